The minimum atomic E-state index is -0.420. The lowest BCUT2D eigenvalue weighted by atomic mass is 10.9. The third-order valence-corrected chi connectivity index (χ3v) is 24.1. The van der Waals surface area contributed by atoms with E-state index >= 15 is 0 Å². The molecule has 0 aliphatic carbocycles. The molecule has 0 bridgehead atoms. The highest BCUT2D eigenvalue weighted by Gasteiger charge is 2.29. The van der Waals surface area contributed by atoms with Crippen molar-refractivity contribution in [2.45, 2.75) is 83.1 Å². The lowest BCUT2D eigenvalue weighted by Gasteiger charge is -2.20. The molecule has 0 rings (SSSR count). The monoisotopic (exact) mass is 567 g/mol. The van der Waals surface area contributed by atoms with Gasteiger partial charge in [-0.3, -0.25) is 14.7 Å². The van der Waals surface area contributed by atoms with Gasteiger partial charge in [-0.15, -0.1) is 0 Å². The van der Waals surface area contributed by atoms with Crippen LogP contribution in [0.25, 0.3) is 47.9 Å². The van der Waals surface area contributed by atoms with Crippen molar-refractivity contribution in [3.8, 4) is 0 Å². The first-order valence-electron chi connectivity index (χ1n) is 13.5. The molecule has 0 aromatic heterocycles. The van der Waals surface area contributed by atoms with Gasteiger partial charge in [0.2, 0.25) is 0 Å². The van der Waals surface area contributed by atoms with Crippen LogP contribution in [0.3, 0.4) is 0 Å². The largest absolute Gasteiger partial charge is 0.373 e. The molecule has 12 heteroatoms. The van der Waals surface area contributed by atoms with Gasteiger partial charge in [0.05, 0.1) is 73.9 Å². The second kappa shape index (κ2) is 36.4. The maximum Gasteiger partial charge on any atom is 0.0565 e. The molecular formula is C24H60N9P3. The number of rotatable bonds is 12. The van der Waals surface area contributed by atoms with E-state index in [0.717, 1.165) is 0 Å². The van der Waals surface area contributed by atoms with Gasteiger partial charge in [-0.25, -0.2) is 0 Å². The highest BCUT2D eigenvalue weighted by atomic mass is 31.2. The summed E-state index contributed by atoms with van der Waals surface area (Å²) in [5.74, 6) is 0. The van der Waals surface area contributed by atoms with E-state index in [1.165, 1.54) is 88.7 Å². The molecule has 0 spiro atoms. The zero-order valence-electron chi connectivity index (χ0n) is 25.9. The van der Waals surface area contributed by atoms with E-state index in [-0.39, 0.29) is 0 Å². The Bertz CT molecular complexity index is 402. The zero-order valence-corrected chi connectivity index (χ0v) is 28.5. The summed E-state index contributed by atoms with van der Waals surface area (Å²) >= 11 is 0. The Morgan fingerprint density at radius 2 is 0.333 bits per heavy atom. The van der Waals surface area contributed by atoms with Crippen molar-refractivity contribution in [1.82, 2.24) is 0 Å². The van der Waals surface area contributed by atoms with Crippen LogP contribution in [0.1, 0.15) is 83.1 Å². The Balaban J connectivity index is -0.0000000803. The molecule has 0 aliphatic heterocycles. The minimum Gasteiger partial charge on any atom is -0.373 e. The first-order chi connectivity index (χ1) is 17.0. The third kappa shape index (κ3) is 27.8. The molecule has 0 atom stereocenters. The van der Waals surface area contributed by atoms with Crippen molar-refractivity contribution in [1.29, 1.82) is 0 Å². The van der Waals surface area contributed by atoms with Gasteiger partial charge in [-0.2, -0.15) is 0 Å². The van der Waals surface area contributed by atoms with Gasteiger partial charge in [0.15, 0.2) is 0 Å². The summed E-state index contributed by atoms with van der Waals surface area (Å²) < 4.78 is 0. The van der Waals surface area contributed by atoms with E-state index in [0.29, 0.717) is 0 Å². The van der Waals surface area contributed by atoms with Crippen LogP contribution in [0.15, 0.2) is 0 Å². The third-order valence-electron chi connectivity index (χ3n) is 8.05. The molecule has 0 amide bonds. The highest BCUT2D eigenvalue weighted by molar-refractivity contribution is 7.76. The quantitative estimate of drug-likeness (QED) is 0.0943. The molecule has 0 saturated heterocycles. The first-order valence-corrected chi connectivity index (χ1v) is 21.1. The number of nitrogens with zero attached hydrogens (tertiary/aromatic N) is 9. The standard InChI is InChI=1S/3C8H20P.3N3/c3*1-5-9(6-2,7-3)8-4;3*1-3-2/h3*5-8H2,1-4H3;;;/q3*+1;3*-1. The van der Waals surface area contributed by atoms with Crippen LogP contribution in [-0.2, 0) is 0 Å². The van der Waals surface area contributed by atoms with Gasteiger partial charge in [0.25, 0.3) is 0 Å². The summed E-state index contributed by atoms with van der Waals surface area (Å²) in [6.07, 6.45) is 17.5. The van der Waals surface area contributed by atoms with E-state index in [1.807, 2.05) is 0 Å². The molecule has 36 heavy (non-hydrogen) atoms. The first kappa shape index (κ1) is 48.3. The van der Waals surface area contributed by atoms with Gasteiger partial charge in [-0.1, -0.05) is 0 Å². The van der Waals surface area contributed by atoms with Gasteiger partial charge in [0.1, 0.15) is 0 Å². The smallest absolute Gasteiger partial charge is 0.0565 e. The summed E-state index contributed by atoms with van der Waals surface area (Å²) in [4.78, 5) is 4.50. The summed E-state index contributed by atoms with van der Waals surface area (Å²) in [5, 5.41) is 0. The fourth-order valence-corrected chi connectivity index (χ4v) is 12.1. The van der Waals surface area contributed by atoms with Crippen molar-refractivity contribution in [2.75, 3.05) is 73.9 Å². The molecule has 0 N–H and O–H groups in total. The Kier molecular flexibility index (Phi) is 48.8. The maximum absolute atomic E-state index is 6.75. The van der Waals surface area contributed by atoms with Gasteiger partial charge >= 0.3 is 0 Å². The topological polar surface area (TPSA) is 176 Å². The lowest BCUT2D eigenvalue weighted by molar-refractivity contribution is 1.25. The van der Waals surface area contributed by atoms with Crippen LogP contribution >= 0.6 is 21.8 Å². The van der Waals surface area contributed by atoms with Crippen molar-refractivity contribution >= 4 is 21.8 Å². The lowest BCUT2D eigenvalue weighted by Crippen LogP contribution is -2.04. The molecule has 9 nitrogen and oxygen atoms in total. The van der Waals surface area contributed by atoms with Crippen LogP contribution in [0.2, 0.25) is 0 Å². The summed E-state index contributed by atoms with van der Waals surface area (Å²) in [6.45, 7) is 28.2. The van der Waals surface area contributed by atoms with Crippen LogP contribution < -0.4 is 0 Å². The molecule has 0 radical (unpaired) electrons. The number of hydrogen-bond donors (Lipinski definition) is 0. The van der Waals surface area contributed by atoms with Crippen molar-refractivity contribution in [3.63, 3.8) is 0 Å². The molecule has 0 saturated carbocycles. The summed E-state index contributed by atoms with van der Waals surface area (Å²) in [7, 11) is -1.26. The van der Waals surface area contributed by atoms with Gasteiger partial charge in [-0.05, 0) is 83.1 Å². The summed E-state index contributed by atoms with van der Waals surface area (Å²) in [5.41, 5.74) is 40.5. The van der Waals surface area contributed by atoms with E-state index in [9.17, 15) is 0 Å². The van der Waals surface area contributed by atoms with Crippen molar-refractivity contribution < 1.29 is 0 Å². The Morgan fingerprint density at radius 1 is 0.278 bits per heavy atom. The molecule has 0 aromatic rings. The molecule has 216 valence electrons. The Hall–Kier alpha value is -0.780. The fourth-order valence-electron chi connectivity index (χ4n) is 4.02. The van der Waals surface area contributed by atoms with Crippen molar-refractivity contribution in [3.05, 3.63) is 47.9 Å². The summed E-state index contributed by atoms with van der Waals surface area (Å²) in [6, 6.07) is 0. The van der Waals surface area contributed by atoms with Crippen LogP contribution in [0, 0.1) is 0 Å². The van der Waals surface area contributed by atoms with E-state index in [2.05, 4.69) is 83.1 Å². The van der Waals surface area contributed by atoms with Crippen molar-refractivity contribution in [2.24, 2.45) is 0 Å². The van der Waals surface area contributed by atoms with Gasteiger partial charge < -0.3 is 33.2 Å². The molecular weight excluding hydrogens is 507 g/mol. The maximum atomic E-state index is 6.75. The predicted octanol–water partition coefficient (Wildman–Crippen LogP) is 11.8. The average molecular weight is 568 g/mol. The Morgan fingerprint density at radius 3 is 0.333 bits per heavy atom. The average Bonchev–Trinajstić information content (AvgIpc) is 2.91. The van der Waals surface area contributed by atoms with Crippen LogP contribution in [-0.4, -0.2) is 73.9 Å². The second-order valence-electron chi connectivity index (χ2n) is 8.09. The van der Waals surface area contributed by atoms with Crippen LogP contribution in [0.5, 0.6) is 0 Å². The molecule has 0 aromatic carbocycles. The van der Waals surface area contributed by atoms with Crippen LogP contribution in [0.4, 0.5) is 0 Å². The van der Waals surface area contributed by atoms with E-state index in [4.69, 9.17) is 33.2 Å². The highest BCUT2D eigenvalue weighted by Crippen LogP contribution is 2.58. The normalized spacial score (nSPS) is 9.67. The second-order valence-corrected chi connectivity index (χ2v) is 23.7. The zero-order chi connectivity index (χ0) is 30.1. The Labute approximate surface area is 226 Å². The molecule has 0 heterocycles. The molecule has 0 fully saturated rings. The molecule has 0 aliphatic rings. The van der Waals surface area contributed by atoms with Gasteiger partial charge in [0, 0.05) is 21.8 Å². The SMILES string of the molecule is CC[P+](CC)(CC)CC.CC[P+](CC)(CC)CC.CC[P+](CC)(CC)CC.[N-]=[N+]=[N-].[N-]=[N+]=[N-].[N-]=[N+]=[N-]. The minimum absolute atomic E-state index is 0.420. The van der Waals surface area contributed by atoms with E-state index < -0.39 is 21.8 Å². The predicted molar refractivity (Wildman–Crippen MR) is 177 cm³/mol. The fraction of sp³-hybridized carbons (Fsp3) is 1.00. The van der Waals surface area contributed by atoms with E-state index in [1.54, 1.807) is 0 Å². The molecule has 0 unspecified atom stereocenters. The number of hydrogen-bond acceptors (Lipinski definition) is 0.